The van der Waals surface area contributed by atoms with Crippen LogP contribution in [0.3, 0.4) is 0 Å². The number of esters is 1. The van der Waals surface area contributed by atoms with E-state index in [1.54, 1.807) is 0 Å². The molecule has 0 amide bonds. The summed E-state index contributed by atoms with van der Waals surface area (Å²) in [7, 11) is 0. The van der Waals surface area contributed by atoms with Crippen LogP contribution in [0.5, 0.6) is 0 Å². The number of ether oxygens (including phenoxy) is 1. The molecular formula is C20H39O2Y-. The van der Waals surface area contributed by atoms with Crippen LogP contribution in [-0.2, 0) is 42.2 Å². The molecule has 0 aromatic heterocycles. The van der Waals surface area contributed by atoms with E-state index in [2.05, 4.69) is 48.5 Å². The van der Waals surface area contributed by atoms with Crippen molar-refractivity contribution in [1.82, 2.24) is 0 Å². The molecule has 0 aromatic carbocycles. The number of hydrogen-bond acceptors (Lipinski definition) is 2. The molecule has 0 heterocycles. The molecule has 23 heavy (non-hydrogen) atoms. The van der Waals surface area contributed by atoms with Crippen molar-refractivity contribution >= 4 is 5.97 Å². The smallest absolute Gasteiger partial charge is 0.312 e. The van der Waals surface area contributed by atoms with Crippen molar-refractivity contribution in [2.24, 2.45) is 22.7 Å². The average Bonchev–Trinajstić information content (AvgIpc) is 2.37. The van der Waals surface area contributed by atoms with Crippen molar-refractivity contribution < 1.29 is 42.2 Å². The van der Waals surface area contributed by atoms with Gasteiger partial charge in [0.2, 0.25) is 0 Å². The number of rotatable bonds is 5. The molecule has 0 bridgehead atoms. The fourth-order valence-corrected chi connectivity index (χ4v) is 3.61. The van der Waals surface area contributed by atoms with Gasteiger partial charge in [0.15, 0.2) is 0 Å². The zero-order chi connectivity index (χ0) is 16.3. The Morgan fingerprint density at radius 2 is 1.57 bits per heavy atom. The Hall–Kier alpha value is 0.574. The van der Waals surface area contributed by atoms with Crippen LogP contribution in [-0.4, -0.2) is 12.1 Å². The van der Waals surface area contributed by atoms with Crippen LogP contribution in [0.2, 0.25) is 0 Å². The van der Waals surface area contributed by atoms with Gasteiger partial charge in [-0.1, -0.05) is 41.5 Å². The predicted molar refractivity (Wildman–Crippen MR) is 95.6 cm³/mol. The van der Waals surface area contributed by atoms with E-state index >= 15 is 0 Å². The SMILES string of the molecule is CCC(C)(CC(C)C)C(=O)OC1CCC(C(C)(C)C)CC1.[CH3-].[Y]. The second-order valence-corrected chi connectivity index (χ2v) is 8.76. The summed E-state index contributed by atoms with van der Waals surface area (Å²) in [4.78, 5) is 12.6. The largest absolute Gasteiger partial charge is 0.462 e. The molecule has 0 N–H and O–H groups in total. The quantitative estimate of drug-likeness (QED) is 0.415. The minimum Gasteiger partial charge on any atom is -0.462 e. The molecular weight excluding hydrogens is 361 g/mol. The van der Waals surface area contributed by atoms with E-state index in [-0.39, 0.29) is 57.6 Å². The van der Waals surface area contributed by atoms with Gasteiger partial charge in [0.05, 0.1) is 5.41 Å². The van der Waals surface area contributed by atoms with Crippen molar-refractivity contribution in [1.29, 1.82) is 0 Å². The summed E-state index contributed by atoms with van der Waals surface area (Å²) in [6.07, 6.45) is 6.38. The molecule has 1 radical (unpaired) electrons. The number of hydrogen-bond donors (Lipinski definition) is 0. The molecule has 1 saturated carbocycles. The van der Waals surface area contributed by atoms with Crippen LogP contribution in [0.25, 0.3) is 0 Å². The van der Waals surface area contributed by atoms with Gasteiger partial charge in [0.25, 0.3) is 0 Å². The van der Waals surface area contributed by atoms with E-state index in [0.717, 1.165) is 31.6 Å². The van der Waals surface area contributed by atoms with Crippen LogP contribution in [0, 0.1) is 30.1 Å². The first-order valence-corrected chi connectivity index (χ1v) is 8.79. The minimum absolute atomic E-state index is 0. The van der Waals surface area contributed by atoms with E-state index in [1.165, 1.54) is 12.8 Å². The summed E-state index contributed by atoms with van der Waals surface area (Å²) in [5, 5.41) is 0. The van der Waals surface area contributed by atoms with Crippen LogP contribution < -0.4 is 0 Å². The number of carbonyl (C=O) groups is 1. The third-order valence-electron chi connectivity index (χ3n) is 5.30. The van der Waals surface area contributed by atoms with Crippen LogP contribution >= 0.6 is 0 Å². The molecule has 1 aliphatic carbocycles. The van der Waals surface area contributed by atoms with Crippen molar-refractivity contribution in [3.8, 4) is 0 Å². The van der Waals surface area contributed by atoms with Crippen molar-refractivity contribution in [2.75, 3.05) is 0 Å². The van der Waals surface area contributed by atoms with Crippen LogP contribution in [0.1, 0.15) is 87.0 Å². The first-order chi connectivity index (χ1) is 9.58. The van der Waals surface area contributed by atoms with Gasteiger partial charge in [-0.2, -0.15) is 0 Å². The minimum atomic E-state index is -0.310. The molecule has 0 aliphatic heterocycles. The maximum Gasteiger partial charge on any atom is 0.312 e. The Kier molecular flexibility index (Phi) is 11.8. The molecule has 1 aliphatic rings. The Balaban J connectivity index is 0. The molecule has 1 fully saturated rings. The summed E-state index contributed by atoms with van der Waals surface area (Å²) in [6.45, 7) is 15.5. The van der Waals surface area contributed by atoms with E-state index in [0.29, 0.717) is 11.3 Å². The van der Waals surface area contributed by atoms with Crippen molar-refractivity contribution in [3.63, 3.8) is 0 Å². The van der Waals surface area contributed by atoms with Gasteiger partial charge in [0, 0.05) is 32.7 Å². The van der Waals surface area contributed by atoms with Gasteiger partial charge in [-0.3, -0.25) is 4.79 Å². The first kappa shape index (κ1) is 25.8. The van der Waals surface area contributed by atoms with Crippen LogP contribution in [0.15, 0.2) is 0 Å². The summed E-state index contributed by atoms with van der Waals surface area (Å²) < 4.78 is 5.87. The zero-order valence-electron chi connectivity index (χ0n) is 16.9. The van der Waals surface area contributed by atoms with Crippen molar-refractivity contribution in [3.05, 3.63) is 7.43 Å². The third kappa shape index (κ3) is 7.99. The first-order valence-electron chi connectivity index (χ1n) is 8.79. The summed E-state index contributed by atoms with van der Waals surface area (Å²) in [5.74, 6) is 1.32. The second kappa shape index (κ2) is 10.5. The monoisotopic (exact) mass is 400 g/mol. The van der Waals surface area contributed by atoms with E-state index in [9.17, 15) is 4.79 Å². The standard InChI is InChI=1S/C19H36O2.CH3.Y/c1-8-19(7,13-14(2)3)17(20)21-16-11-9-15(10-12-16)18(4,5)6;;/h14-16H,8-13H2,1-7H3;1H3;/q;-1;. The average molecular weight is 400 g/mol. The van der Waals surface area contributed by atoms with Gasteiger partial charge < -0.3 is 12.2 Å². The molecule has 2 nitrogen and oxygen atoms in total. The predicted octanol–water partition coefficient (Wildman–Crippen LogP) is 6.04. The Morgan fingerprint density at radius 3 is 1.91 bits per heavy atom. The molecule has 0 saturated heterocycles. The topological polar surface area (TPSA) is 26.3 Å². The van der Waals surface area contributed by atoms with E-state index < -0.39 is 0 Å². The summed E-state index contributed by atoms with van der Waals surface area (Å²) in [6, 6.07) is 0. The van der Waals surface area contributed by atoms with Crippen molar-refractivity contribution in [2.45, 2.75) is 93.1 Å². The molecule has 0 aromatic rings. The second-order valence-electron chi connectivity index (χ2n) is 8.76. The normalized spacial score (nSPS) is 24.2. The molecule has 1 unspecified atom stereocenters. The number of carbonyl (C=O) groups excluding carboxylic acids is 1. The zero-order valence-corrected chi connectivity index (χ0v) is 19.7. The maximum atomic E-state index is 12.6. The van der Waals surface area contributed by atoms with E-state index in [1.807, 2.05) is 0 Å². The third-order valence-corrected chi connectivity index (χ3v) is 5.30. The Bertz CT molecular complexity index is 338. The summed E-state index contributed by atoms with van der Waals surface area (Å²) in [5.41, 5.74) is 0.0690. The van der Waals surface area contributed by atoms with Gasteiger partial charge in [0.1, 0.15) is 6.10 Å². The molecule has 1 rings (SSSR count). The Morgan fingerprint density at radius 1 is 1.09 bits per heavy atom. The molecule has 1 atom stereocenters. The molecule has 3 heteroatoms. The van der Waals surface area contributed by atoms with Gasteiger partial charge in [-0.15, -0.1) is 0 Å². The fraction of sp³-hybridized carbons (Fsp3) is 0.900. The molecule has 135 valence electrons. The van der Waals surface area contributed by atoms with Crippen LogP contribution in [0.4, 0.5) is 0 Å². The summed E-state index contributed by atoms with van der Waals surface area (Å²) >= 11 is 0. The molecule has 0 spiro atoms. The Labute approximate surface area is 170 Å². The maximum absolute atomic E-state index is 12.6. The van der Waals surface area contributed by atoms with Gasteiger partial charge in [-0.25, -0.2) is 0 Å². The van der Waals surface area contributed by atoms with E-state index in [4.69, 9.17) is 4.74 Å². The van der Waals surface area contributed by atoms with Gasteiger partial charge in [-0.05, 0) is 62.7 Å². The van der Waals surface area contributed by atoms with Gasteiger partial charge >= 0.3 is 5.97 Å². The fourth-order valence-electron chi connectivity index (χ4n) is 3.61.